The molecule has 0 radical (unpaired) electrons. The number of hydrogen-bond donors (Lipinski definition) is 5. The third-order valence-electron chi connectivity index (χ3n) is 9.80. The first-order valence-corrected chi connectivity index (χ1v) is 26.5. The topological polar surface area (TPSA) is 392 Å². The van der Waals surface area contributed by atoms with E-state index in [9.17, 15) is 62.7 Å². The van der Waals surface area contributed by atoms with E-state index in [-0.39, 0.29) is 59.6 Å². The van der Waals surface area contributed by atoms with Gasteiger partial charge in [0.05, 0.1) is 33.8 Å². The molecular formula is C37H58N7O18P3S-4. The van der Waals surface area contributed by atoms with Crippen LogP contribution in [-0.2, 0) is 55.5 Å². The number of hydrogen-bond acceptors (Lipinski definition) is 23. The van der Waals surface area contributed by atoms with Crippen LogP contribution >= 0.6 is 35.2 Å². The van der Waals surface area contributed by atoms with E-state index in [1.165, 1.54) is 39.5 Å². The van der Waals surface area contributed by atoms with Gasteiger partial charge in [-0.2, -0.15) is 0 Å². The van der Waals surface area contributed by atoms with Gasteiger partial charge in [0.25, 0.3) is 15.6 Å². The number of imidazole rings is 1. The number of aromatic nitrogens is 4. The van der Waals surface area contributed by atoms with Gasteiger partial charge in [-0.05, 0) is 32.1 Å². The fourth-order valence-corrected chi connectivity index (χ4v) is 9.69. The molecule has 2 aromatic heterocycles. The number of aliphatic hydroxyl groups is 2. The van der Waals surface area contributed by atoms with E-state index in [1.54, 1.807) is 0 Å². The Kier molecular flexibility index (Phi) is 23.6. The van der Waals surface area contributed by atoms with Gasteiger partial charge in [0.15, 0.2) is 22.8 Å². The zero-order valence-corrected chi connectivity index (χ0v) is 40.3. The molecule has 1 aliphatic heterocycles. The van der Waals surface area contributed by atoms with Gasteiger partial charge in [-0.3, -0.25) is 32.9 Å². The van der Waals surface area contributed by atoms with Crippen molar-refractivity contribution >= 4 is 74.9 Å². The van der Waals surface area contributed by atoms with Crippen LogP contribution in [-0.4, -0.2) is 109 Å². The molecule has 2 unspecified atom stereocenters. The summed E-state index contributed by atoms with van der Waals surface area (Å²) in [6.45, 7) is 2.11. The zero-order valence-electron chi connectivity index (χ0n) is 36.8. The minimum absolute atomic E-state index is 0.0266. The molecule has 29 heteroatoms. The highest BCUT2D eigenvalue weighted by Crippen LogP contribution is 2.56. The fraction of sp³-hybridized carbons (Fsp3) is 0.703. The molecule has 0 spiro atoms. The summed E-state index contributed by atoms with van der Waals surface area (Å²) in [4.78, 5) is 109. The van der Waals surface area contributed by atoms with Gasteiger partial charge in [-0.15, -0.1) is 0 Å². The number of rotatable bonds is 32. The minimum Gasteiger partial charge on any atom is -0.790 e. The molecule has 6 N–H and O–H groups in total. The Morgan fingerprint density at radius 2 is 1.62 bits per heavy atom. The molecule has 3 rings (SSSR count). The number of phosphoric acid groups is 3. The zero-order chi connectivity index (χ0) is 49.1. The number of ketones is 1. The number of ether oxygens (including phenoxy) is 1. The predicted octanol–water partition coefficient (Wildman–Crippen LogP) is 0.573. The number of anilines is 1. The van der Waals surface area contributed by atoms with Gasteiger partial charge < -0.3 is 69.0 Å². The molecule has 0 bridgehead atoms. The first-order valence-electron chi connectivity index (χ1n) is 21.1. The van der Waals surface area contributed by atoms with Crippen LogP contribution in [0.25, 0.3) is 11.2 Å². The maximum atomic E-state index is 12.6. The van der Waals surface area contributed by atoms with Crippen LogP contribution in [0.1, 0.15) is 104 Å². The number of nitrogen functional groups attached to an aromatic ring is 1. The van der Waals surface area contributed by atoms with Gasteiger partial charge in [0, 0.05) is 37.1 Å². The predicted molar refractivity (Wildman–Crippen MR) is 229 cm³/mol. The highest BCUT2D eigenvalue weighted by atomic mass is 32.2. The average Bonchev–Trinajstić information content (AvgIpc) is 3.79. The van der Waals surface area contributed by atoms with E-state index in [2.05, 4.69) is 62.5 Å². The summed E-state index contributed by atoms with van der Waals surface area (Å²) >= 11 is 0.917. The normalized spacial score (nSPS) is 20.3. The first kappa shape index (κ1) is 57.3. The van der Waals surface area contributed by atoms with E-state index < -0.39 is 84.6 Å². The number of amides is 2. The fourth-order valence-electron chi connectivity index (χ4n) is 6.26. The van der Waals surface area contributed by atoms with Gasteiger partial charge in [0.1, 0.15) is 42.0 Å². The van der Waals surface area contributed by atoms with Gasteiger partial charge in [-0.25, -0.2) is 19.3 Å². The second-order valence-corrected chi connectivity index (χ2v) is 21.1. The molecule has 0 aliphatic carbocycles. The van der Waals surface area contributed by atoms with Crippen LogP contribution < -0.4 is 35.9 Å². The molecule has 66 heavy (non-hydrogen) atoms. The number of nitrogens with two attached hydrogens (primary N) is 1. The lowest BCUT2D eigenvalue weighted by molar-refractivity contribution is -0.347. The third-order valence-corrected chi connectivity index (χ3v) is 13.7. The first-order chi connectivity index (χ1) is 30.9. The maximum Gasteiger partial charge on any atom is 0.274 e. The largest absolute Gasteiger partial charge is 0.790 e. The van der Waals surface area contributed by atoms with E-state index >= 15 is 0 Å². The molecule has 25 nitrogen and oxygen atoms in total. The number of thioether (sulfide) groups is 1. The van der Waals surface area contributed by atoms with Gasteiger partial charge >= 0.3 is 0 Å². The number of nitrogens with zero attached hydrogens (tertiary/aromatic N) is 4. The number of unbranched alkanes of at least 4 members (excludes halogenated alkanes) is 7. The van der Waals surface area contributed by atoms with Crippen LogP contribution in [0.2, 0.25) is 0 Å². The van der Waals surface area contributed by atoms with E-state index in [1.807, 2.05) is 0 Å². The van der Waals surface area contributed by atoms with E-state index in [4.69, 9.17) is 10.5 Å². The highest BCUT2D eigenvalue weighted by Gasteiger charge is 2.47. The van der Waals surface area contributed by atoms with E-state index in [0.29, 0.717) is 6.42 Å². The molecule has 0 aromatic carbocycles. The van der Waals surface area contributed by atoms with Crippen molar-refractivity contribution in [1.29, 1.82) is 0 Å². The summed E-state index contributed by atoms with van der Waals surface area (Å²) in [6, 6.07) is 0. The van der Waals surface area contributed by atoms with Crippen molar-refractivity contribution in [2.45, 2.75) is 128 Å². The quantitative estimate of drug-likeness (QED) is 0.0289. The number of phosphoric ester groups is 3. The van der Waals surface area contributed by atoms with Crippen molar-refractivity contribution < 1.29 is 85.3 Å². The second-order valence-electron chi connectivity index (χ2n) is 15.8. The Bertz CT molecular complexity index is 2090. The number of carbonyl (C=O) groups is 4. The van der Waals surface area contributed by atoms with Gasteiger partial charge in [0.2, 0.25) is 11.8 Å². The number of nitrogens with one attached hydrogen (secondary N) is 2. The standard InChI is InChI=1S/C37H62N7O18P3S/c1-4-5-6-7-8-9-10-11-12-13-14-15-25(45)20-28(47)66-19-18-39-27(46)16-17-40-35(50)32(49)37(2,3)22-59-65(56,57)62-64(54,55)58-21-26-31(61-63(51,52)53)30(48)36(60-26)44-24-43-29-33(38)41-23-42-34(29)44/h9-10,23-24,26,30-32,36,48-49H,4-8,11-22H2,1-3H3,(H,39,46)(H,40,50)(H,54,55)(H,56,57)(H2,38,41,42)(H2,51,52,53)/p-4/b10-9-/t26-,30-,31-,32+,36-/m1/s1. The lowest BCUT2D eigenvalue weighted by Crippen LogP contribution is -2.46. The van der Waals surface area contributed by atoms with Crippen LogP contribution in [0.3, 0.4) is 0 Å². The minimum atomic E-state index is -5.93. The number of carbonyl (C=O) groups excluding carboxylic acids is 4. The Morgan fingerprint density at radius 3 is 2.29 bits per heavy atom. The van der Waals surface area contributed by atoms with E-state index in [0.717, 1.165) is 61.1 Å². The molecular weight excluding hydrogens is 955 g/mol. The molecule has 1 saturated heterocycles. The van der Waals surface area contributed by atoms with Crippen molar-refractivity contribution in [3.8, 4) is 0 Å². The van der Waals surface area contributed by atoms with Crippen LogP contribution in [0.4, 0.5) is 5.82 Å². The molecule has 1 fully saturated rings. The Labute approximate surface area is 385 Å². The van der Waals surface area contributed by atoms with Crippen LogP contribution in [0.15, 0.2) is 24.8 Å². The van der Waals surface area contributed by atoms with Crippen LogP contribution in [0.5, 0.6) is 0 Å². The molecule has 0 saturated carbocycles. The maximum absolute atomic E-state index is 12.6. The summed E-state index contributed by atoms with van der Waals surface area (Å²) in [5.41, 5.74) is 4.04. The molecule has 3 heterocycles. The van der Waals surface area contributed by atoms with Gasteiger partial charge in [-0.1, -0.05) is 70.4 Å². The monoisotopic (exact) mass is 1010 g/mol. The Morgan fingerprint density at radius 1 is 0.955 bits per heavy atom. The SMILES string of the molecule is CCCCCC/C=C\CCCCCC(=O)CC(=O)SCCNC(=O)CCNC(=O)[C@H](O)C(C)(C)COP(=O)([O-])OP(=O)([O-])OC[C@H]1O[C@@H](n2cnc3c(N)ncnc32)[C@H](O)[C@@H]1OP(=O)([O-])[O-]. The average molecular weight is 1010 g/mol. The smallest absolute Gasteiger partial charge is 0.274 e. The summed E-state index contributed by atoms with van der Waals surface area (Å²) in [5.74, 6) is -1.54. The number of fused-ring (bicyclic) bond motifs is 1. The third kappa shape index (κ3) is 20.3. The molecule has 2 aromatic rings. The van der Waals surface area contributed by atoms with Crippen molar-refractivity contribution in [3.05, 3.63) is 24.8 Å². The summed E-state index contributed by atoms with van der Waals surface area (Å²) in [7, 11) is -17.6. The van der Waals surface area contributed by atoms with Crippen molar-refractivity contribution in [2.75, 3.05) is 37.8 Å². The Hall–Kier alpha value is -3.03. The van der Waals surface area contributed by atoms with Crippen molar-refractivity contribution in [1.82, 2.24) is 30.2 Å². The number of aliphatic hydroxyl groups excluding tert-OH is 2. The number of allylic oxidation sites excluding steroid dienone is 2. The summed E-state index contributed by atoms with van der Waals surface area (Å²) in [5, 5.41) is 26.0. The summed E-state index contributed by atoms with van der Waals surface area (Å²) in [6.07, 6.45) is 6.42. The number of Topliss-reactive ketones (excluding diaryl/α,β-unsaturated/α-hetero) is 1. The molecule has 7 atom stereocenters. The lowest BCUT2D eigenvalue weighted by Gasteiger charge is -2.36. The molecule has 1 aliphatic rings. The molecule has 374 valence electrons. The van der Waals surface area contributed by atoms with Crippen molar-refractivity contribution in [3.63, 3.8) is 0 Å². The molecule has 2 amide bonds. The van der Waals surface area contributed by atoms with Crippen molar-refractivity contribution in [2.24, 2.45) is 5.41 Å². The Balaban J connectivity index is 1.34. The summed E-state index contributed by atoms with van der Waals surface area (Å²) < 4.78 is 60.7. The second kappa shape index (κ2) is 27.2. The lowest BCUT2D eigenvalue weighted by atomic mass is 9.87. The van der Waals surface area contributed by atoms with Crippen LogP contribution in [0, 0.1) is 5.41 Å². The highest BCUT2D eigenvalue weighted by molar-refractivity contribution is 8.13.